The van der Waals surface area contributed by atoms with Crippen molar-refractivity contribution in [2.75, 3.05) is 32.6 Å². The molecule has 1 aliphatic rings. The van der Waals surface area contributed by atoms with Crippen LogP contribution >= 0.6 is 11.6 Å². The fourth-order valence-electron chi connectivity index (χ4n) is 4.67. The van der Waals surface area contributed by atoms with Crippen molar-refractivity contribution in [3.05, 3.63) is 102 Å². The van der Waals surface area contributed by atoms with Crippen molar-refractivity contribution < 1.29 is 14.3 Å². The van der Waals surface area contributed by atoms with Gasteiger partial charge in [0.05, 0.1) is 7.11 Å². The molecule has 0 spiro atoms. The van der Waals surface area contributed by atoms with E-state index in [0.29, 0.717) is 16.3 Å². The summed E-state index contributed by atoms with van der Waals surface area (Å²) in [6.07, 6.45) is 2.40. The summed E-state index contributed by atoms with van der Waals surface area (Å²) in [5.74, 6) is 1.41. The van der Waals surface area contributed by atoms with Crippen LogP contribution in [0.2, 0.25) is 5.02 Å². The van der Waals surface area contributed by atoms with Crippen molar-refractivity contribution in [1.29, 1.82) is 0 Å². The van der Waals surface area contributed by atoms with Gasteiger partial charge in [0.1, 0.15) is 17.6 Å². The predicted molar refractivity (Wildman–Crippen MR) is 154 cm³/mol. The van der Waals surface area contributed by atoms with Gasteiger partial charge in [0, 0.05) is 34.9 Å². The molecule has 38 heavy (non-hydrogen) atoms. The van der Waals surface area contributed by atoms with Gasteiger partial charge in [-0.3, -0.25) is 4.79 Å². The number of piperidine rings is 1. The predicted octanol–water partition coefficient (Wildman–Crippen LogP) is 7.41. The number of ether oxygens (including phenoxy) is 2. The number of halogens is 1. The monoisotopic (exact) mass is 526 g/mol. The van der Waals surface area contributed by atoms with E-state index < -0.39 is 0 Å². The lowest BCUT2D eigenvalue weighted by atomic mass is 10.0. The zero-order valence-electron chi connectivity index (χ0n) is 21.6. The first-order valence-corrected chi connectivity index (χ1v) is 13.2. The second kappa shape index (κ2) is 11.7. The largest absolute Gasteiger partial charge is 0.496 e. The van der Waals surface area contributed by atoms with Gasteiger partial charge >= 0.3 is 0 Å². The van der Waals surface area contributed by atoms with Crippen molar-refractivity contribution >= 4 is 23.2 Å². The molecule has 0 unspecified atom stereocenters. The Balaban J connectivity index is 1.24. The number of hydrogen-bond donors (Lipinski definition) is 1. The number of benzene rings is 4. The molecule has 1 N–H and O–H groups in total. The Morgan fingerprint density at radius 1 is 0.842 bits per heavy atom. The number of likely N-dealkylation sites (tertiary alicyclic amines) is 1. The first-order valence-electron chi connectivity index (χ1n) is 12.8. The number of nitrogens with one attached hydrogen (secondary N) is 1. The second-order valence-electron chi connectivity index (χ2n) is 9.60. The average molecular weight is 527 g/mol. The van der Waals surface area contributed by atoms with Crippen molar-refractivity contribution in [3.63, 3.8) is 0 Å². The lowest BCUT2D eigenvalue weighted by molar-refractivity contribution is 0.102. The van der Waals surface area contributed by atoms with E-state index in [1.165, 1.54) is 0 Å². The van der Waals surface area contributed by atoms with Crippen LogP contribution in [0.25, 0.3) is 22.3 Å². The lowest BCUT2D eigenvalue weighted by Gasteiger charge is -2.29. The van der Waals surface area contributed by atoms with Crippen LogP contribution < -0.4 is 14.8 Å². The van der Waals surface area contributed by atoms with E-state index in [1.807, 2.05) is 72.8 Å². The van der Waals surface area contributed by atoms with E-state index in [1.54, 1.807) is 13.2 Å². The smallest absolute Gasteiger partial charge is 0.255 e. The highest BCUT2D eigenvalue weighted by molar-refractivity contribution is 6.30. The number of carbonyl (C=O) groups excluding carboxylic acids is 1. The Hall–Kier alpha value is -3.80. The van der Waals surface area contributed by atoms with Crippen molar-refractivity contribution in [3.8, 4) is 33.8 Å². The maximum atomic E-state index is 13.0. The number of anilines is 1. The molecule has 4 aromatic rings. The summed E-state index contributed by atoms with van der Waals surface area (Å²) in [5, 5.41) is 3.65. The van der Waals surface area contributed by atoms with Gasteiger partial charge in [-0.25, -0.2) is 0 Å². The van der Waals surface area contributed by atoms with Gasteiger partial charge in [0.25, 0.3) is 5.91 Å². The standard InChI is InChI=1S/C32H31ClN2O3/c1-35-19-17-29(18-20-35)38-28-14-7-23(8-15-28)22-5-12-27(13-6-22)34-32(36)25-9-16-31(37-2)30(21-25)24-3-10-26(33)11-4-24/h3-16,21,29H,17-20H2,1-2H3,(H,34,36). The third kappa shape index (κ3) is 6.18. The fraction of sp³-hybridized carbons (Fsp3) is 0.219. The summed E-state index contributed by atoms with van der Waals surface area (Å²) in [4.78, 5) is 15.4. The minimum atomic E-state index is -0.189. The number of amides is 1. The highest BCUT2D eigenvalue weighted by atomic mass is 35.5. The number of carbonyl (C=O) groups is 1. The summed E-state index contributed by atoms with van der Waals surface area (Å²) in [5.41, 5.74) is 5.19. The maximum Gasteiger partial charge on any atom is 0.255 e. The van der Waals surface area contributed by atoms with E-state index in [2.05, 4.69) is 29.4 Å². The molecule has 0 radical (unpaired) electrons. The summed E-state index contributed by atoms with van der Waals surface area (Å²) in [7, 11) is 3.77. The van der Waals surface area contributed by atoms with E-state index >= 15 is 0 Å². The zero-order valence-corrected chi connectivity index (χ0v) is 22.4. The normalized spacial score (nSPS) is 14.2. The number of methoxy groups -OCH3 is 1. The minimum Gasteiger partial charge on any atom is -0.496 e. The minimum absolute atomic E-state index is 0.189. The Morgan fingerprint density at radius 3 is 2.08 bits per heavy atom. The lowest BCUT2D eigenvalue weighted by Crippen LogP contribution is -2.35. The summed E-state index contributed by atoms with van der Waals surface area (Å²) in [6.45, 7) is 2.15. The first kappa shape index (κ1) is 25.8. The molecule has 6 heteroatoms. The van der Waals surface area contributed by atoms with E-state index in [0.717, 1.165) is 59.6 Å². The number of hydrogen-bond acceptors (Lipinski definition) is 4. The molecule has 1 amide bonds. The van der Waals surface area contributed by atoms with Crippen LogP contribution in [-0.4, -0.2) is 44.2 Å². The maximum absolute atomic E-state index is 13.0. The van der Waals surface area contributed by atoms with Gasteiger partial charge in [-0.05, 0) is 91.2 Å². The highest BCUT2D eigenvalue weighted by Gasteiger charge is 2.18. The molecule has 0 bridgehead atoms. The Morgan fingerprint density at radius 2 is 1.45 bits per heavy atom. The first-order chi connectivity index (χ1) is 18.5. The Bertz CT molecular complexity index is 1380. The average Bonchev–Trinajstić information content (AvgIpc) is 2.95. The fourth-order valence-corrected chi connectivity index (χ4v) is 4.80. The number of nitrogens with zero attached hydrogens (tertiary/aromatic N) is 1. The molecular formula is C32H31ClN2O3. The van der Waals surface area contributed by atoms with E-state index in [9.17, 15) is 4.79 Å². The molecule has 0 aromatic heterocycles. The van der Waals surface area contributed by atoms with E-state index in [-0.39, 0.29) is 12.0 Å². The van der Waals surface area contributed by atoms with Crippen molar-refractivity contribution in [2.24, 2.45) is 0 Å². The molecule has 1 aliphatic heterocycles. The topological polar surface area (TPSA) is 50.8 Å². The van der Waals surface area contributed by atoms with Crippen LogP contribution in [0.15, 0.2) is 91.0 Å². The third-order valence-electron chi connectivity index (χ3n) is 6.92. The highest BCUT2D eigenvalue weighted by Crippen LogP contribution is 2.32. The molecule has 5 rings (SSSR count). The van der Waals surface area contributed by atoms with Crippen LogP contribution in [-0.2, 0) is 0 Å². The second-order valence-corrected chi connectivity index (χ2v) is 10.0. The molecule has 5 nitrogen and oxygen atoms in total. The van der Waals surface area contributed by atoms with Gasteiger partial charge < -0.3 is 19.7 Å². The molecule has 1 fully saturated rings. The van der Waals surface area contributed by atoms with Gasteiger partial charge in [-0.15, -0.1) is 0 Å². The summed E-state index contributed by atoms with van der Waals surface area (Å²) >= 11 is 6.04. The van der Waals surface area contributed by atoms with Crippen molar-refractivity contribution in [2.45, 2.75) is 18.9 Å². The Kier molecular flexibility index (Phi) is 7.97. The van der Waals surface area contributed by atoms with Gasteiger partial charge in [-0.2, -0.15) is 0 Å². The third-order valence-corrected chi connectivity index (χ3v) is 7.17. The van der Waals surface area contributed by atoms with Crippen LogP contribution in [0.3, 0.4) is 0 Å². The van der Waals surface area contributed by atoms with Crippen LogP contribution in [0, 0.1) is 0 Å². The van der Waals surface area contributed by atoms with Gasteiger partial charge in [0.2, 0.25) is 0 Å². The molecule has 194 valence electrons. The summed E-state index contributed by atoms with van der Waals surface area (Å²) in [6, 6.07) is 28.9. The molecule has 0 atom stereocenters. The zero-order chi connectivity index (χ0) is 26.5. The van der Waals surface area contributed by atoms with Crippen LogP contribution in [0.5, 0.6) is 11.5 Å². The molecular weight excluding hydrogens is 496 g/mol. The molecule has 1 saturated heterocycles. The molecule has 0 saturated carbocycles. The molecule has 0 aliphatic carbocycles. The Labute approximate surface area is 229 Å². The SMILES string of the molecule is COc1ccc(C(=O)Nc2ccc(-c3ccc(OC4CCN(C)CC4)cc3)cc2)cc1-c1ccc(Cl)cc1. The van der Waals surface area contributed by atoms with E-state index in [4.69, 9.17) is 21.1 Å². The van der Waals surface area contributed by atoms with Gasteiger partial charge in [0.15, 0.2) is 0 Å². The van der Waals surface area contributed by atoms with Crippen molar-refractivity contribution in [1.82, 2.24) is 4.90 Å². The quantitative estimate of drug-likeness (QED) is 0.272. The van der Waals surface area contributed by atoms with Gasteiger partial charge in [-0.1, -0.05) is 48.0 Å². The number of rotatable bonds is 7. The summed E-state index contributed by atoms with van der Waals surface area (Å²) < 4.78 is 11.7. The van der Waals surface area contributed by atoms with Crippen LogP contribution in [0.4, 0.5) is 5.69 Å². The molecule has 4 aromatic carbocycles. The molecule has 1 heterocycles. The van der Waals surface area contributed by atoms with Crippen LogP contribution in [0.1, 0.15) is 23.2 Å².